The summed E-state index contributed by atoms with van der Waals surface area (Å²) >= 11 is 0. The van der Waals surface area contributed by atoms with Gasteiger partial charge in [0.25, 0.3) is 0 Å². The Morgan fingerprint density at radius 2 is 1.87 bits per heavy atom. The third-order valence-corrected chi connectivity index (χ3v) is 2.09. The molecule has 5 nitrogen and oxygen atoms in total. The number of benzene rings is 1. The number of aromatic hydroxyl groups is 3. The van der Waals surface area contributed by atoms with Crippen molar-refractivity contribution in [3.63, 3.8) is 0 Å². The van der Waals surface area contributed by atoms with Gasteiger partial charge in [-0.25, -0.2) is 4.79 Å². The fourth-order valence-corrected chi connectivity index (χ4v) is 1.38. The predicted octanol–water partition coefficient (Wildman–Crippen LogP) is 1.45. The van der Waals surface area contributed by atoms with E-state index in [1.54, 1.807) is 0 Å². The van der Waals surface area contributed by atoms with Crippen LogP contribution in [0.1, 0.15) is 29.3 Å². The minimum Gasteiger partial charge on any atom is -0.504 e. The van der Waals surface area contributed by atoms with Crippen LogP contribution in [0.5, 0.6) is 17.2 Å². The Labute approximate surface area is 86.2 Å². The molecular weight excluding hydrogens is 200 g/mol. The fourth-order valence-electron chi connectivity index (χ4n) is 1.38. The molecule has 0 amide bonds. The molecule has 0 spiro atoms. The molecule has 0 saturated carbocycles. The van der Waals surface area contributed by atoms with E-state index in [1.165, 1.54) is 0 Å². The average Bonchev–Trinajstić information content (AvgIpc) is 2.18. The molecular formula is C10H12O5. The summed E-state index contributed by atoms with van der Waals surface area (Å²) in [5.74, 6) is -3.12. The molecule has 0 heterocycles. The Kier molecular flexibility index (Phi) is 3.04. The first kappa shape index (κ1) is 11.2. The van der Waals surface area contributed by atoms with Crippen molar-refractivity contribution in [2.45, 2.75) is 19.8 Å². The molecule has 82 valence electrons. The first-order valence-electron chi connectivity index (χ1n) is 4.49. The third-order valence-electron chi connectivity index (χ3n) is 2.09. The van der Waals surface area contributed by atoms with Crippen LogP contribution >= 0.6 is 0 Å². The van der Waals surface area contributed by atoms with Gasteiger partial charge in [0.05, 0.1) is 5.56 Å². The van der Waals surface area contributed by atoms with E-state index in [4.69, 9.17) is 10.2 Å². The Bertz CT molecular complexity index is 397. The van der Waals surface area contributed by atoms with Crippen LogP contribution in [-0.2, 0) is 6.42 Å². The van der Waals surface area contributed by atoms with Gasteiger partial charge in [-0.3, -0.25) is 0 Å². The standard InChI is InChI=1S/C10H12O5/c1-2-3-5-6(10(14)15)4-7(11)9(13)8(5)12/h4,11-13H,2-3H2,1H3,(H,14,15). The lowest BCUT2D eigenvalue weighted by Crippen LogP contribution is -2.02. The summed E-state index contributed by atoms with van der Waals surface area (Å²) in [5, 5.41) is 36.7. The summed E-state index contributed by atoms with van der Waals surface area (Å²) in [6, 6.07) is 0.933. The van der Waals surface area contributed by atoms with Crippen molar-refractivity contribution >= 4 is 5.97 Å². The van der Waals surface area contributed by atoms with Crippen LogP contribution in [0, 0.1) is 0 Å². The first-order chi connectivity index (χ1) is 6.99. The van der Waals surface area contributed by atoms with E-state index >= 15 is 0 Å². The summed E-state index contributed by atoms with van der Waals surface area (Å²) < 4.78 is 0. The summed E-state index contributed by atoms with van der Waals surface area (Å²) in [4.78, 5) is 10.8. The maximum absolute atomic E-state index is 10.8. The van der Waals surface area contributed by atoms with Gasteiger partial charge in [0, 0.05) is 5.56 Å². The van der Waals surface area contributed by atoms with Gasteiger partial charge in [-0.15, -0.1) is 0 Å². The number of phenols is 3. The van der Waals surface area contributed by atoms with Crippen molar-refractivity contribution in [3.05, 3.63) is 17.2 Å². The summed E-state index contributed by atoms with van der Waals surface area (Å²) in [6.45, 7) is 1.81. The first-order valence-corrected chi connectivity index (χ1v) is 4.49. The van der Waals surface area contributed by atoms with Gasteiger partial charge in [-0.05, 0) is 12.5 Å². The second kappa shape index (κ2) is 4.08. The molecule has 0 saturated heterocycles. The lowest BCUT2D eigenvalue weighted by atomic mass is 10.0. The molecule has 0 aromatic heterocycles. The van der Waals surface area contributed by atoms with Crippen LogP contribution in [-0.4, -0.2) is 26.4 Å². The highest BCUT2D eigenvalue weighted by Gasteiger charge is 2.19. The molecule has 0 atom stereocenters. The van der Waals surface area contributed by atoms with E-state index in [0.29, 0.717) is 12.8 Å². The maximum atomic E-state index is 10.8. The number of phenolic OH excluding ortho intramolecular Hbond substituents is 3. The second-order valence-electron chi connectivity index (χ2n) is 3.17. The van der Waals surface area contributed by atoms with Crippen molar-refractivity contribution in [2.75, 3.05) is 0 Å². The van der Waals surface area contributed by atoms with Crippen LogP contribution in [0.25, 0.3) is 0 Å². The molecule has 0 radical (unpaired) electrons. The van der Waals surface area contributed by atoms with Gasteiger partial charge in [-0.1, -0.05) is 13.3 Å². The van der Waals surface area contributed by atoms with Crippen molar-refractivity contribution in [1.29, 1.82) is 0 Å². The van der Waals surface area contributed by atoms with Crippen LogP contribution in [0.2, 0.25) is 0 Å². The van der Waals surface area contributed by atoms with Crippen LogP contribution in [0.15, 0.2) is 6.07 Å². The largest absolute Gasteiger partial charge is 0.504 e. The molecule has 1 rings (SSSR count). The number of carboxylic acids is 1. The number of aromatic carboxylic acids is 1. The van der Waals surface area contributed by atoms with E-state index in [1.807, 2.05) is 6.92 Å². The summed E-state index contributed by atoms with van der Waals surface area (Å²) in [7, 11) is 0. The molecule has 1 aromatic carbocycles. The Morgan fingerprint density at radius 3 is 2.33 bits per heavy atom. The topological polar surface area (TPSA) is 98.0 Å². The SMILES string of the molecule is CCCc1c(C(=O)O)cc(O)c(O)c1O. The highest BCUT2D eigenvalue weighted by molar-refractivity contribution is 5.91. The highest BCUT2D eigenvalue weighted by atomic mass is 16.4. The van der Waals surface area contributed by atoms with Crippen LogP contribution in [0.4, 0.5) is 0 Å². The van der Waals surface area contributed by atoms with E-state index < -0.39 is 23.2 Å². The molecule has 0 unspecified atom stereocenters. The van der Waals surface area contributed by atoms with Gasteiger partial charge in [-0.2, -0.15) is 0 Å². The average molecular weight is 212 g/mol. The quantitative estimate of drug-likeness (QED) is 0.568. The molecule has 4 N–H and O–H groups in total. The molecule has 0 aliphatic rings. The lowest BCUT2D eigenvalue weighted by molar-refractivity contribution is 0.0694. The smallest absolute Gasteiger partial charge is 0.336 e. The van der Waals surface area contributed by atoms with Gasteiger partial charge in [0.15, 0.2) is 11.5 Å². The second-order valence-corrected chi connectivity index (χ2v) is 3.17. The Morgan fingerprint density at radius 1 is 1.27 bits per heavy atom. The van der Waals surface area contributed by atoms with Crippen molar-refractivity contribution in [2.24, 2.45) is 0 Å². The summed E-state index contributed by atoms with van der Waals surface area (Å²) in [6.07, 6.45) is 0.944. The monoisotopic (exact) mass is 212 g/mol. The zero-order valence-corrected chi connectivity index (χ0v) is 8.19. The van der Waals surface area contributed by atoms with Gasteiger partial charge in [0.1, 0.15) is 0 Å². The summed E-state index contributed by atoms with van der Waals surface area (Å²) in [5.41, 5.74) is -0.0510. The van der Waals surface area contributed by atoms with E-state index in [2.05, 4.69) is 0 Å². The molecule has 0 aliphatic carbocycles. The van der Waals surface area contributed by atoms with Crippen molar-refractivity contribution in [3.8, 4) is 17.2 Å². The zero-order chi connectivity index (χ0) is 11.6. The lowest BCUT2D eigenvalue weighted by Gasteiger charge is -2.10. The zero-order valence-electron chi connectivity index (χ0n) is 8.19. The van der Waals surface area contributed by atoms with E-state index in [-0.39, 0.29) is 11.1 Å². The number of carboxylic acid groups (broad SMARTS) is 1. The normalized spacial score (nSPS) is 10.2. The van der Waals surface area contributed by atoms with Crippen LogP contribution < -0.4 is 0 Å². The van der Waals surface area contributed by atoms with Gasteiger partial charge < -0.3 is 20.4 Å². The fraction of sp³-hybridized carbons (Fsp3) is 0.300. The van der Waals surface area contributed by atoms with Gasteiger partial charge >= 0.3 is 5.97 Å². The Hall–Kier alpha value is -1.91. The van der Waals surface area contributed by atoms with Crippen molar-refractivity contribution < 1.29 is 25.2 Å². The Balaban J connectivity index is 3.43. The molecule has 5 heteroatoms. The number of hydrogen-bond donors (Lipinski definition) is 4. The predicted molar refractivity (Wildman–Crippen MR) is 52.4 cm³/mol. The highest BCUT2D eigenvalue weighted by Crippen LogP contribution is 2.40. The van der Waals surface area contributed by atoms with Crippen LogP contribution in [0.3, 0.4) is 0 Å². The number of hydrogen-bond acceptors (Lipinski definition) is 4. The van der Waals surface area contributed by atoms with Gasteiger partial charge in [0.2, 0.25) is 5.75 Å². The minimum atomic E-state index is -1.25. The minimum absolute atomic E-state index is 0.139. The number of rotatable bonds is 3. The molecule has 1 aromatic rings. The number of carbonyl (C=O) groups is 1. The third kappa shape index (κ3) is 1.96. The van der Waals surface area contributed by atoms with Crippen molar-refractivity contribution in [1.82, 2.24) is 0 Å². The molecule has 0 fully saturated rings. The molecule has 15 heavy (non-hydrogen) atoms. The molecule has 0 aliphatic heterocycles. The van der Waals surface area contributed by atoms with E-state index in [0.717, 1.165) is 6.07 Å². The van der Waals surface area contributed by atoms with E-state index in [9.17, 15) is 15.0 Å². The molecule has 0 bridgehead atoms. The maximum Gasteiger partial charge on any atom is 0.336 e.